The summed E-state index contributed by atoms with van der Waals surface area (Å²) in [7, 11) is 0. The molecule has 1 aromatic rings. The van der Waals surface area contributed by atoms with Crippen molar-refractivity contribution in [2.45, 2.75) is 39.7 Å². The zero-order chi connectivity index (χ0) is 13.7. The molecule has 0 saturated carbocycles. The standard InChI is InChI=1S/C15H24BrN3/c1-3-6-17-10-13-9-14(16)11-18-15(13)19-7-4-12(2)5-8-19/h9,11-12,17H,3-8,10H2,1-2H3. The van der Waals surface area contributed by atoms with Gasteiger partial charge < -0.3 is 10.2 Å². The summed E-state index contributed by atoms with van der Waals surface area (Å²) in [5.74, 6) is 2.02. The predicted octanol–water partition coefficient (Wildman–Crippen LogP) is 3.58. The first-order valence-electron chi connectivity index (χ1n) is 7.30. The number of nitrogens with zero attached hydrogens (tertiary/aromatic N) is 2. The van der Waals surface area contributed by atoms with Gasteiger partial charge in [0.1, 0.15) is 5.82 Å². The van der Waals surface area contributed by atoms with E-state index in [1.165, 1.54) is 24.2 Å². The predicted molar refractivity (Wildman–Crippen MR) is 84.5 cm³/mol. The third-order valence-electron chi connectivity index (χ3n) is 3.73. The minimum atomic E-state index is 0.855. The van der Waals surface area contributed by atoms with E-state index >= 15 is 0 Å². The van der Waals surface area contributed by atoms with Gasteiger partial charge in [-0.25, -0.2) is 4.98 Å². The number of halogens is 1. The zero-order valence-electron chi connectivity index (χ0n) is 12.0. The first-order valence-corrected chi connectivity index (χ1v) is 8.10. The maximum absolute atomic E-state index is 4.64. The van der Waals surface area contributed by atoms with Gasteiger partial charge in [0, 0.05) is 35.9 Å². The minimum absolute atomic E-state index is 0.855. The van der Waals surface area contributed by atoms with E-state index < -0.39 is 0 Å². The molecule has 0 radical (unpaired) electrons. The highest BCUT2D eigenvalue weighted by atomic mass is 79.9. The van der Waals surface area contributed by atoms with E-state index in [-0.39, 0.29) is 0 Å². The number of aromatic nitrogens is 1. The van der Waals surface area contributed by atoms with E-state index in [1.807, 2.05) is 6.20 Å². The Labute approximate surface area is 124 Å². The lowest BCUT2D eigenvalue weighted by Crippen LogP contribution is -2.34. The smallest absolute Gasteiger partial charge is 0.133 e. The quantitative estimate of drug-likeness (QED) is 0.839. The van der Waals surface area contributed by atoms with E-state index in [4.69, 9.17) is 0 Å². The maximum atomic E-state index is 4.64. The van der Waals surface area contributed by atoms with Crippen LogP contribution < -0.4 is 10.2 Å². The van der Waals surface area contributed by atoms with Crippen LogP contribution in [0.4, 0.5) is 5.82 Å². The van der Waals surface area contributed by atoms with Crippen LogP contribution >= 0.6 is 15.9 Å². The largest absolute Gasteiger partial charge is 0.356 e. The van der Waals surface area contributed by atoms with Crippen LogP contribution in [0.2, 0.25) is 0 Å². The molecule has 0 aliphatic carbocycles. The van der Waals surface area contributed by atoms with Gasteiger partial charge in [0.05, 0.1) is 0 Å². The van der Waals surface area contributed by atoms with Crippen molar-refractivity contribution in [3.8, 4) is 0 Å². The van der Waals surface area contributed by atoms with E-state index in [1.54, 1.807) is 0 Å². The lowest BCUT2D eigenvalue weighted by atomic mass is 9.99. The third-order valence-corrected chi connectivity index (χ3v) is 4.17. The summed E-state index contributed by atoms with van der Waals surface area (Å²) in [5.41, 5.74) is 1.30. The molecule has 2 rings (SSSR count). The molecular weight excluding hydrogens is 302 g/mol. The summed E-state index contributed by atoms with van der Waals surface area (Å²) >= 11 is 3.53. The number of pyridine rings is 1. The second-order valence-corrected chi connectivity index (χ2v) is 6.40. The van der Waals surface area contributed by atoms with Crippen molar-refractivity contribution >= 4 is 21.7 Å². The molecule has 0 spiro atoms. The van der Waals surface area contributed by atoms with Gasteiger partial charge in [0.2, 0.25) is 0 Å². The van der Waals surface area contributed by atoms with Crippen molar-refractivity contribution in [2.24, 2.45) is 5.92 Å². The number of hydrogen-bond donors (Lipinski definition) is 1. The highest BCUT2D eigenvalue weighted by Gasteiger charge is 2.19. The molecule has 1 aromatic heterocycles. The number of anilines is 1. The van der Waals surface area contributed by atoms with Gasteiger partial charge in [-0.15, -0.1) is 0 Å². The Bertz CT molecular complexity index is 400. The van der Waals surface area contributed by atoms with Gasteiger partial charge in [-0.3, -0.25) is 0 Å². The summed E-state index contributed by atoms with van der Waals surface area (Å²) in [4.78, 5) is 7.08. The second-order valence-electron chi connectivity index (χ2n) is 5.48. The van der Waals surface area contributed by atoms with Gasteiger partial charge in [-0.1, -0.05) is 13.8 Å². The Morgan fingerprint density at radius 3 is 2.84 bits per heavy atom. The normalized spacial score (nSPS) is 16.9. The SMILES string of the molecule is CCCNCc1cc(Br)cnc1N1CCC(C)CC1. The van der Waals surface area contributed by atoms with Crippen molar-refractivity contribution in [2.75, 3.05) is 24.5 Å². The van der Waals surface area contributed by atoms with E-state index in [0.717, 1.165) is 43.0 Å². The van der Waals surface area contributed by atoms with Gasteiger partial charge in [0.15, 0.2) is 0 Å². The fourth-order valence-electron chi connectivity index (χ4n) is 2.51. The second kappa shape index (κ2) is 7.25. The van der Waals surface area contributed by atoms with Crippen LogP contribution in [-0.4, -0.2) is 24.6 Å². The average molecular weight is 326 g/mol. The molecule has 1 aliphatic heterocycles. The van der Waals surface area contributed by atoms with Crippen molar-refractivity contribution in [3.05, 3.63) is 22.3 Å². The third kappa shape index (κ3) is 4.18. The van der Waals surface area contributed by atoms with E-state index in [9.17, 15) is 0 Å². The van der Waals surface area contributed by atoms with Crippen molar-refractivity contribution in [1.82, 2.24) is 10.3 Å². The molecule has 1 aliphatic rings. The summed E-state index contributed by atoms with van der Waals surface area (Å²) in [6, 6.07) is 2.20. The number of rotatable bonds is 5. The maximum Gasteiger partial charge on any atom is 0.133 e. The van der Waals surface area contributed by atoms with Crippen LogP contribution in [0.25, 0.3) is 0 Å². The van der Waals surface area contributed by atoms with E-state index in [0.29, 0.717) is 0 Å². The fourth-order valence-corrected chi connectivity index (χ4v) is 2.89. The molecule has 0 amide bonds. The molecule has 19 heavy (non-hydrogen) atoms. The highest BCUT2D eigenvalue weighted by Crippen LogP contribution is 2.26. The highest BCUT2D eigenvalue weighted by molar-refractivity contribution is 9.10. The molecule has 4 heteroatoms. The fraction of sp³-hybridized carbons (Fsp3) is 0.667. The van der Waals surface area contributed by atoms with Gasteiger partial charge in [0.25, 0.3) is 0 Å². The number of hydrogen-bond acceptors (Lipinski definition) is 3. The first kappa shape index (κ1) is 14.8. The van der Waals surface area contributed by atoms with Crippen molar-refractivity contribution < 1.29 is 0 Å². The molecule has 3 nitrogen and oxygen atoms in total. The molecule has 1 fully saturated rings. The molecule has 1 saturated heterocycles. The Morgan fingerprint density at radius 1 is 1.42 bits per heavy atom. The van der Waals surface area contributed by atoms with Crippen LogP contribution in [0, 0.1) is 5.92 Å². The molecule has 2 heterocycles. The Morgan fingerprint density at radius 2 is 2.16 bits per heavy atom. The number of piperidine rings is 1. The Balaban J connectivity index is 2.09. The summed E-state index contributed by atoms with van der Waals surface area (Å²) in [6.07, 6.45) is 5.63. The van der Waals surface area contributed by atoms with Crippen LogP contribution in [0.15, 0.2) is 16.7 Å². The molecule has 1 N–H and O–H groups in total. The molecule has 0 aromatic carbocycles. The minimum Gasteiger partial charge on any atom is -0.356 e. The lowest BCUT2D eigenvalue weighted by molar-refractivity contribution is 0.435. The summed E-state index contributed by atoms with van der Waals surface area (Å²) in [6.45, 7) is 8.77. The molecular formula is C15H24BrN3. The first-order chi connectivity index (χ1) is 9.20. The summed E-state index contributed by atoms with van der Waals surface area (Å²) < 4.78 is 1.06. The topological polar surface area (TPSA) is 28.2 Å². The van der Waals surface area contributed by atoms with Gasteiger partial charge in [-0.05, 0) is 53.7 Å². The van der Waals surface area contributed by atoms with Crippen LogP contribution in [0.5, 0.6) is 0 Å². The lowest BCUT2D eigenvalue weighted by Gasteiger charge is -2.32. The number of nitrogens with one attached hydrogen (secondary N) is 1. The zero-order valence-corrected chi connectivity index (χ0v) is 13.5. The Kier molecular flexibility index (Phi) is 5.64. The van der Waals surface area contributed by atoms with Gasteiger partial charge >= 0.3 is 0 Å². The van der Waals surface area contributed by atoms with Crippen LogP contribution in [0.1, 0.15) is 38.7 Å². The molecule has 0 bridgehead atoms. The van der Waals surface area contributed by atoms with Gasteiger partial charge in [-0.2, -0.15) is 0 Å². The average Bonchev–Trinajstić information content (AvgIpc) is 2.41. The van der Waals surface area contributed by atoms with Crippen molar-refractivity contribution in [1.29, 1.82) is 0 Å². The molecule has 106 valence electrons. The summed E-state index contributed by atoms with van der Waals surface area (Å²) in [5, 5.41) is 3.48. The van der Waals surface area contributed by atoms with E-state index in [2.05, 4.69) is 51.0 Å². The molecule has 0 atom stereocenters. The van der Waals surface area contributed by atoms with Crippen molar-refractivity contribution in [3.63, 3.8) is 0 Å². The molecule has 0 unspecified atom stereocenters. The monoisotopic (exact) mass is 325 g/mol. The van der Waals surface area contributed by atoms with Crippen LogP contribution in [-0.2, 0) is 6.54 Å². The van der Waals surface area contributed by atoms with Crippen LogP contribution in [0.3, 0.4) is 0 Å². The Hall–Kier alpha value is -0.610.